The molecule has 6 heteroatoms. The molecule has 0 radical (unpaired) electrons. The van der Waals surface area contributed by atoms with E-state index in [0.717, 1.165) is 23.1 Å². The number of amides is 1. The second-order valence-corrected chi connectivity index (χ2v) is 9.75. The van der Waals surface area contributed by atoms with Gasteiger partial charge in [-0.15, -0.1) is 0 Å². The first kappa shape index (κ1) is 27.2. The van der Waals surface area contributed by atoms with Crippen LogP contribution in [0.5, 0.6) is 0 Å². The molecule has 0 saturated carbocycles. The van der Waals surface area contributed by atoms with Gasteiger partial charge in [-0.1, -0.05) is 67.6 Å². The van der Waals surface area contributed by atoms with Gasteiger partial charge in [-0.05, 0) is 49.9 Å². The summed E-state index contributed by atoms with van der Waals surface area (Å²) < 4.78 is 7.29. The Hall–Kier alpha value is -3.38. The molecule has 0 aliphatic carbocycles. The molecule has 1 saturated heterocycles. The number of pyridine rings is 1. The molecule has 1 aromatic heterocycles. The molecule has 0 spiro atoms. The lowest BCUT2D eigenvalue weighted by atomic mass is 9.96. The van der Waals surface area contributed by atoms with E-state index < -0.39 is 5.60 Å². The van der Waals surface area contributed by atoms with Crippen molar-refractivity contribution in [3.05, 3.63) is 94.9 Å². The first-order valence-corrected chi connectivity index (χ1v) is 12.7. The van der Waals surface area contributed by atoms with Crippen LogP contribution < -0.4 is 5.56 Å². The van der Waals surface area contributed by atoms with Gasteiger partial charge in [0.05, 0.1) is 11.6 Å². The summed E-state index contributed by atoms with van der Waals surface area (Å²) in [6.07, 6.45) is 3.25. The van der Waals surface area contributed by atoms with Crippen molar-refractivity contribution in [1.82, 2.24) is 9.47 Å². The standard InChI is InChI=1S/C24H32N2O4.C6H6/c1-5-21(26-14-13-20(30-23(26)28)15-24(3,4)29)18-9-7-17(8-10-18)19-11-12-22(27)25(6-2)16-19;1-2-4-6-5-3-1/h7-12,16,20-21,29H,5-6,13-15H2,1-4H3;1-6H/t20?,21-;/m0./s1. The number of hydrogen-bond donors (Lipinski definition) is 1. The quantitative estimate of drug-likeness (QED) is 0.438. The molecular formula is C30H38N2O4. The van der Waals surface area contributed by atoms with Gasteiger partial charge in [0.15, 0.2) is 0 Å². The van der Waals surface area contributed by atoms with Gasteiger partial charge in [0.25, 0.3) is 5.56 Å². The first-order valence-electron chi connectivity index (χ1n) is 12.7. The van der Waals surface area contributed by atoms with Gasteiger partial charge in [0, 0.05) is 38.2 Å². The van der Waals surface area contributed by atoms with Crippen molar-refractivity contribution in [3.8, 4) is 11.1 Å². The van der Waals surface area contributed by atoms with Gasteiger partial charge in [-0.3, -0.25) is 4.79 Å². The summed E-state index contributed by atoms with van der Waals surface area (Å²) in [7, 11) is 0. The molecule has 2 aromatic carbocycles. The molecule has 1 unspecified atom stereocenters. The number of aryl methyl sites for hydroxylation is 1. The maximum absolute atomic E-state index is 12.6. The Morgan fingerprint density at radius 1 is 0.944 bits per heavy atom. The molecule has 6 nitrogen and oxygen atoms in total. The average Bonchev–Trinajstić information content (AvgIpc) is 2.87. The third-order valence-electron chi connectivity index (χ3n) is 6.30. The van der Waals surface area contributed by atoms with E-state index in [2.05, 4.69) is 6.92 Å². The van der Waals surface area contributed by atoms with Gasteiger partial charge in [0.2, 0.25) is 0 Å². The van der Waals surface area contributed by atoms with Crippen molar-refractivity contribution in [2.24, 2.45) is 0 Å². The number of rotatable bonds is 7. The summed E-state index contributed by atoms with van der Waals surface area (Å²) in [4.78, 5) is 26.3. The van der Waals surface area contributed by atoms with Crippen LogP contribution in [0.4, 0.5) is 4.79 Å². The molecule has 4 rings (SSSR count). The van der Waals surface area contributed by atoms with Crippen molar-refractivity contribution >= 4 is 6.09 Å². The smallest absolute Gasteiger partial charge is 0.410 e. The second kappa shape index (κ2) is 12.5. The van der Waals surface area contributed by atoms with Crippen LogP contribution in [0, 0.1) is 0 Å². The number of aliphatic hydroxyl groups is 1. The number of cyclic esters (lactones) is 1. The first-order chi connectivity index (χ1) is 17.2. The number of nitrogens with zero attached hydrogens (tertiary/aromatic N) is 2. The van der Waals surface area contributed by atoms with E-state index in [1.54, 1.807) is 29.4 Å². The Balaban J connectivity index is 0.000000526. The van der Waals surface area contributed by atoms with Gasteiger partial charge in [0.1, 0.15) is 6.10 Å². The van der Waals surface area contributed by atoms with Crippen LogP contribution in [0.15, 0.2) is 83.8 Å². The second-order valence-electron chi connectivity index (χ2n) is 9.75. The van der Waals surface area contributed by atoms with Crippen LogP contribution in [0.3, 0.4) is 0 Å². The molecule has 192 valence electrons. The maximum atomic E-state index is 12.6. The minimum Gasteiger partial charge on any atom is -0.446 e. The van der Waals surface area contributed by atoms with Crippen molar-refractivity contribution in [2.45, 2.75) is 71.2 Å². The lowest BCUT2D eigenvalue weighted by molar-refractivity contribution is -0.0325. The van der Waals surface area contributed by atoms with E-state index in [9.17, 15) is 14.7 Å². The monoisotopic (exact) mass is 490 g/mol. The normalized spacial score (nSPS) is 16.5. The number of carbonyl (C=O) groups excluding carboxylic acids is 1. The average molecular weight is 491 g/mol. The Kier molecular flexibility index (Phi) is 9.48. The predicted molar refractivity (Wildman–Crippen MR) is 144 cm³/mol. The lowest BCUT2D eigenvalue weighted by Gasteiger charge is -2.38. The van der Waals surface area contributed by atoms with Crippen molar-refractivity contribution in [2.75, 3.05) is 6.54 Å². The van der Waals surface area contributed by atoms with Crippen molar-refractivity contribution < 1.29 is 14.6 Å². The summed E-state index contributed by atoms with van der Waals surface area (Å²) >= 11 is 0. The fraction of sp³-hybridized carbons (Fsp3) is 0.400. The largest absolute Gasteiger partial charge is 0.446 e. The molecule has 2 heterocycles. The third kappa shape index (κ3) is 7.56. The zero-order valence-corrected chi connectivity index (χ0v) is 21.8. The summed E-state index contributed by atoms with van der Waals surface area (Å²) in [6.45, 7) is 8.72. The number of aromatic nitrogens is 1. The summed E-state index contributed by atoms with van der Waals surface area (Å²) in [5.74, 6) is 0. The number of benzene rings is 2. The zero-order chi connectivity index (χ0) is 26.1. The molecular weight excluding hydrogens is 452 g/mol. The van der Waals surface area contributed by atoms with E-state index in [-0.39, 0.29) is 23.8 Å². The molecule has 0 bridgehead atoms. The molecule has 1 N–H and O–H groups in total. The summed E-state index contributed by atoms with van der Waals surface area (Å²) in [6, 6.07) is 23.5. The minimum atomic E-state index is -0.854. The third-order valence-corrected chi connectivity index (χ3v) is 6.30. The fourth-order valence-electron chi connectivity index (χ4n) is 4.50. The summed E-state index contributed by atoms with van der Waals surface area (Å²) in [5.41, 5.74) is 2.22. The molecule has 1 amide bonds. The Morgan fingerprint density at radius 3 is 2.03 bits per heavy atom. The van der Waals surface area contributed by atoms with Crippen molar-refractivity contribution in [3.63, 3.8) is 0 Å². The van der Waals surface area contributed by atoms with Crippen molar-refractivity contribution in [1.29, 1.82) is 0 Å². The maximum Gasteiger partial charge on any atom is 0.410 e. The Bertz CT molecular complexity index is 1120. The van der Waals surface area contributed by atoms with Crippen LogP contribution in [-0.4, -0.2) is 38.9 Å². The van der Waals surface area contributed by atoms with Gasteiger partial charge in [-0.2, -0.15) is 0 Å². The minimum absolute atomic E-state index is 0.00424. The number of ether oxygens (including phenoxy) is 1. The van der Waals surface area contributed by atoms with Crippen LogP contribution in [-0.2, 0) is 11.3 Å². The van der Waals surface area contributed by atoms with E-state index in [0.29, 0.717) is 25.9 Å². The molecule has 1 fully saturated rings. The summed E-state index contributed by atoms with van der Waals surface area (Å²) in [5, 5.41) is 10.00. The van der Waals surface area contributed by atoms with Gasteiger partial charge in [-0.25, -0.2) is 4.79 Å². The molecule has 1 aliphatic rings. The van der Waals surface area contributed by atoms with Crippen LogP contribution >= 0.6 is 0 Å². The SMILES string of the molecule is CC[C@@H](c1ccc(-c2ccc(=O)n(CC)c2)cc1)N1CCC(CC(C)(C)O)OC1=O.c1ccccc1. The van der Waals surface area contributed by atoms with E-state index in [1.165, 1.54) is 0 Å². The van der Waals surface area contributed by atoms with Crippen LogP contribution in [0.25, 0.3) is 11.1 Å². The predicted octanol–water partition coefficient (Wildman–Crippen LogP) is 6.04. The Labute approximate surface area is 214 Å². The topological polar surface area (TPSA) is 71.8 Å². The molecule has 36 heavy (non-hydrogen) atoms. The number of hydrogen-bond acceptors (Lipinski definition) is 4. The fourth-order valence-corrected chi connectivity index (χ4v) is 4.50. The highest BCUT2D eigenvalue weighted by molar-refractivity contribution is 5.69. The zero-order valence-electron chi connectivity index (χ0n) is 21.8. The van der Waals surface area contributed by atoms with E-state index >= 15 is 0 Å². The van der Waals surface area contributed by atoms with E-state index in [1.807, 2.05) is 79.9 Å². The lowest BCUT2D eigenvalue weighted by Crippen LogP contribution is -2.45. The molecule has 3 aromatic rings. The Morgan fingerprint density at radius 2 is 1.53 bits per heavy atom. The highest BCUT2D eigenvalue weighted by Gasteiger charge is 2.34. The molecule has 2 atom stereocenters. The highest BCUT2D eigenvalue weighted by Crippen LogP contribution is 2.31. The van der Waals surface area contributed by atoms with Crippen LogP contribution in [0.2, 0.25) is 0 Å². The van der Waals surface area contributed by atoms with Gasteiger partial charge < -0.3 is 19.3 Å². The highest BCUT2D eigenvalue weighted by atomic mass is 16.6. The van der Waals surface area contributed by atoms with Gasteiger partial charge >= 0.3 is 6.09 Å². The van der Waals surface area contributed by atoms with E-state index in [4.69, 9.17) is 4.74 Å². The van der Waals surface area contributed by atoms with Crippen LogP contribution in [0.1, 0.15) is 58.6 Å². The number of carbonyl (C=O) groups is 1. The molecule has 1 aliphatic heterocycles.